The molecule has 0 radical (unpaired) electrons. The van der Waals surface area contributed by atoms with Crippen LogP contribution in [0, 0.1) is 6.92 Å². The number of rotatable bonds is 5. The molecular weight excluding hydrogens is 282 g/mol. The smallest absolute Gasteiger partial charge is 0.232 e. The zero-order valence-corrected chi connectivity index (χ0v) is 13.8. The molecule has 4 nitrogen and oxygen atoms in total. The molecule has 21 heavy (non-hydrogen) atoms. The van der Waals surface area contributed by atoms with E-state index in [1.165, 1.54) is 4.88 Å². The summed E-state index contributed by atoms with van der Waals surface area (Å²) in [5.41, 5.74) is 0.369. The van der Waals surface area contributed by atoms with Crippen molar-refractivity contribution in [2.75, 3.05) is 13.6 Å². The van der Waals surface area contributed by atoms with Gasteiger partial charge in [0.15, 0.2) is 0 Å². The van der Waals surface area contributed by atoms with E-state index in [0.29, 0.717) is 6.54 Å². The number of likely N-dealkylation sites (N-methyl/N-ethyl adjacent to an activating group) is 1. The third kappa shape index (κ3) is 3.67. The molecule has 0 saturated carbocycles. The Morgan fingerprint density at radius 1 is 1.38 bits per heavy atom. The summed E-state index contributed by atoms with van der Waals surface area (Å²) in [6.45, 7) is 6.60. The number of nitrogens with zero attached hydrogens (tertiary/aromatic N) is 3. The topological polar surface area (TPSA) is 46.1 Å². The molecule has 2 aromatic heterocycles. The Labute approximate surface area is 129 Å². The van der Waals surface area contributed by atoms with Crippen LogP contribution in [0.15, 0.2) is 30.7 Å². The second-order valence-electron chi connectivity index (χ2n) is 5.71. The van der Waals surface area contributed by atoms with Crippen LogP contribution in [0.5, 0.6) is 0 Å². The molecule has 0 fully saturated rings. The van der Waals surface area contributed by atoms with E-state index in [2.05, 4.69) is 9.97 Å². The molecule has 1 amide bonds. The van der Waals surface area contributed by atoms with Gasteiger partial charge in [-0.1, -0.05) is 6.07 Å². The number of hydrogen-bond donors (Lipinski definition) is 0. The van der Waals surface area contributed by atoms with E-state index in [-0.39, 0.29) is 5.91 Å². The maximum absolute atomic E-state index is 12.7. The lowest BCUT2D eigenvalue weighted by atomic mass is 9.84. The van der Waals surface area contributed by atoms with Crippen molar-refractivity contribution in [3.05, 3.63) is 46.2 Å². The first-order valence-electron chi connectivity index (χ1n) is 6.98. The quantitative estimate of drug-likeness (QED) is 0.853. The first-order valence-corrected chi connectivity index (χ1v) is 7.80. The summed E-state index contributed by atoms with van der Waals surface area (Å²) >= 11 is 1.69. The van der Waals surface area contributed by atoms with E-state index >= 15 is 0 Å². The molecule has 0 aliphatic carbocycles. The lowest BCUT2D eigenvalue weighted by Crippen LogP contribution is -2.42. The Morgan fingerprint density at radius 2 is 2.14 bits per heavy atom. The molecule has 0 N–H and O–H groups in total. The number of pyridine rings is 1. The molecule has 0 spiro atoms. The minimum Gasteiger partial charge on any atom is -0.345 e. The average molecular weight is 303 g/mol. The predicted molar refractivity (Wildman–Crippen MR) is 85.5 cm³/mol. The van der Waals surface area contributed by atoms with Crippen molar-refractivity contribution < 1.29 is 4.79 Å². The number of aromatic nitrogens is 2. The molecule has 0 aromatic carbocycles. The molecule has 0 bridgehead atoms. The summed E-state index contributed by atoms with van der Waals surface area (Å²) in [4.78, 5) is 24.1. The highest BCUT2D eigenvalue weighted by Gasteiger charge is 2.32. The van der Waals surface area contributed by atoms with Crippen LogP contribution in [0.1, 0.15) is 29.3 Å². The number of thiazole rings is 1. The standard InChI is InChI=1S/C16H21N3OS/c1-12-10-18-14(21-12)7-9-19(4)15(20)16(2,3)13-6-5-8-17-11-13/h5-6,8,10-11H,7,9H2,1-4H3. The molecule has 0 atom stereocenters. The van der Waals surface area contributed by atoms with Gasteiger partial charge in [-0.2, -0.15) is 0 Å². The van der Waals surface area contributed by atoms with Gasteiger partial charge in [0, 0.05) is 43.5 Å². The molecule has 0 saturated heterocycles. The molecule has 2 aromatic rings. The average Bonchev–Trinajstić information content (AvgIpc) is 2.90. The van der Waals surface area contributed by atoms with Gasteiger partial charge in [-0.05, 0) is 32.4 Å². The predicted octanol–water partition coefficient (Wildman–Crippen LogP) is 2.83. The molecular formula is C16H21N3OS. The Hall–Kier alpha value is -1.75. The van der Waals surface area contributed by atoms with Gasteiger partial charge >= 0.3 is 0 Å². The minimum atomic E-state index is -0.568. The van der Waals surface area contributed by atoms with E-state index in [1.54, 1.807) is 28.6 Å². The van der Waals surface area contributed by atoms with Gasteiger partial charge in [0.05, 0.1) is 10.4 Å². The fourth-order valence-electron chi connectivity index (χ4n) is 2.22. The second-order valence-corrected chi connectivity index (χ2v) is 7.03. The van der Waals surface area contributed by atoms with Crippen LogP contribution >= 0.6 is 11.3 Å². The lowest BCUT2D eigenvalue weighted by molar-refractivity contribution is -0.134. The molecule has 2 rings (SSSR count). The van der Waals surface area contributed by atoms with Gasteiger partial charge in [-0.3, -0.25) is 9.78 Å². The Balaban J connectivity index is 2.01. The summed E-state index contributed by atoms with van der Waals surface area (Å²) in [6, 6.07) is 3.81. The number of carbonyl (C=O) groups is 1. The van der Waals surface area contributed by atoms with Crippen LogP contribution in [0.2, 0.25) is 0 Å². The number of amides is 1. The number of aryl methyl sites for hydroxylation is 1. The van der Waals surface area contributed by atoms with Crippen molar-refractivity contribution in [1.29, 1.82) is 0 Å². The van der Waals surface area contributed by atoms with Crippen molar-refractivity contribution in [1.82, 2.24) is 14.9 Å². The largest absolute Gasteiger partial charge is 0.345 e. The monoisotopic (exact) mass is 303 g/mol. The minimum absolute atomic E-state index is 0.101. The van der Waals surface area contributed by atoms with Crippen molar-refractivity contribution >= 4 is 17.2 Å². The lowest BCUT2D eigenvalue weighted by Gasteiger charge is -2.29. The molecule has 2 heterocycles. The van der Waals surface area contributed by atoms with Crippen molar-refractivity contribution in [2.45, 2.75) is 32.6 Å². The molecule has 112 valence electrons. The van der Waals surface area contributed by atoms with Crippen molar-refractivity contribution in [2.24, 2.45) is 0 Å². The van der Waals surface area contributed by atoms with E-state index in [0.717, 1.165) is 17.0 Å². The van der Waals surface area contributed by atoms with Crippen molar-refractivity contribution in [3.8, 4) is 0 Å². The second kappa shape index (κ2) is 6.35. The molecule has 0 aliphatic rings. The third-order valence-electron chi connectivity index (χ3n) is 3.59. The SMILES string of the molecule is Cc1cnc(CCN(C)C(=O)C(C)(C)c2cccnc2)s1. The zero-order chi connectivity index (χ0) is 15.5. The molecule has 0 aliphatic heterocycles. The summed E-state index contributed by atoms with van der Waals surface area (Å²) in [5, 5.41) is 1.08. The van der Waals surface area contributed by atoms with Gasteiger partial charge < -0.3 is 4.90 Å². The van der Waals surface area contributed by atoms with Crippen LogP contribution in [0.3, 0.4) is 0 Å². The number of carbonyl (C=O) groups excluding carboxylic acids is 1. The van der Waals surface area contributed by atoms with Crippen LogP contribution < -0.4 is 0 Å². The fraction of sp³-hybridized carbons (Fsp3) is 0.438. The van der Waals surface area contributed by atoms with Crippen LogP contribution in [-0.2, 0) is 16.6 Å². The normalized spacial score (nSPS) is 11.4. The van der Waals surface area contributed by atoms with Gasteiger partial charge in [-0.15, -0.1) is 11.3 Å². The third-order valence-corrected chi connectivity index (χ3v) is 4.57. The van der Waals surface area contributed by atoms with Gasteiger partial charge in [0.25, 0.3) is 0 Å². The van der Waals surface area contributed by atoms with E-state index < -0.39 is 5.41 Å². The van der Waals surface area contributed by atoms with Gasteiger partial charge in [0.1, 0.15) is 0 Å². The summed E-state index contributed by atoms with van der Waals surface area (Å²) in [5.74, 6) is 0.101. The number of hydrogen-bond acceptors (Lipinski definition) is 4. The fourth-order valence-corrected chi connectivity index (χ4v) is 2.99. The Morgan fingerprint density at radius 3 is 2.71 bits per heavy atom. The first kappa shape index (κ1) is 15.6. The van der Waals surface area contributed by atoms with Crippen molar-refractivity contribution in [3.63, 3.8) is 0 Å². The Kier molecular flexibility index (Phi) is 4.73. The Bertz CT molecular complexity index is 607. The maximum Gasteiger partial charge on any atom is 0.232 e. The summed E-state index contributed by atoms with van der Waals surface area (Å²) in [7, 11) is 1.85. The summed E-state index contributed by atoms with van der Waals surface area (Å²) < 4.78 is 0. The highest BCUT2D eigenvalue weighted by Crippen LogP contribution is 2.24. The van der Waals surface area contributed by atoms with Crippen LogP contribution in [0.4, 0.5) is 0 Å². The highest BCUT2D eigenvalue weighted by atomic mass is 32.1. The maximum atomic E-state index is 12.7. The van der Waals surface area contributed by atoms with Crippen LogP contribution in [-0.4, -0.2) is 34.4 Å². The van der Waals surface area contributed by atoms with E-state index in [9.17, 15) is 4.79 Å². The van der Waals surface area contributed by atoms with Gasteiger partial charge in [-0.25, -0.2) is 4.98 Å². The van der Waals surface area contributed by atoms with Crippen LogP contribution in [0.25, 0.3) is 0 Å². The van der Waals surface area contributed by atoms with E-state index in [1.807, 2.05) is 46.1 Å². The zero-order valence-electron chi connectivity index (χ0n) is 13.0. The molecule has 5 heteroatoms. The van der Waals surface area contributed by atoms with E-state index in [4.69, 9.17) is 0 Å². The summed E-state index contributed by atoms with van der Waals surface area (Å²) in [6.07, 6.45) is 6.15. The first-order chi connectivity index (χ1) is 9.91. The highest BCUT2D eigenvalue weighted by molar-refractivity contribution is 7.11. The molecule has 0 unspecified atom stereocenters. The van der Waals surface area contributed by atoms with Gasteiger partial charge in [0.2, 0.25) is 5.91 Å².